The largest absolute Gasteiger partial charge is 0.285 e. The summed E-state index contributed by atoms with van der Waals surface area (Å²) < 4.78 is 1.24. The Kier molecular flexibility index (Phi) is 3.53. The molecular formula is C19H21ClNO+. The molecule has 2 aromatic rings. The van der Waals surface area contributed by atoms with E-state index in [0.717, 1.165) is 45.8 Å². The standard InChI is InChI=1S/C19H21ClNO/c1-12-17-8-7-16(20)10-13(17)5-6-14-9-15(19(2,3)4)11-21(22)18(12)14/h7-11,22H,1,5-6H2,2-4H3/q+1. The molecule has 1 N–H and O–H groups in total. The van der Waals surface area contributed by atoms with E-state index in [2.05, 4.69) is 33.4 Å². The van der Waals surface area contributed by atoms with Gasteiger partial charge in [0, 0.05) is 20.9 Å². The minimum Gasteiger partial charge on any atom is -0.285 e. The Morgan fingerprint density at radius 2 is 1.82 bits per heavy atom. The SMILES string of the molecule is C=C1c2ccc(Cl)cc2CCc2cc(C(C)(C)C)c[n+](O)c21. The molecule has 1 heterocycles. The first-order valence-corrected chi connectivity index (χ1v) is 7.91. The number of aromatic nitrogens is 1. The number of fused-ring (bicyclic) bond motifs is 2. The second-order valence-electron chi connectivity index (χ2n) is 6.98. The summed E-state index contributed by atoms with van der Waals surface area (Å²) in [6.45, 7) is 10.7. The molecule has 0 spiro atoms. The Labute approximate surface area is 136 Å². The van der Waals surface area contributed by atoms with E-state index in [4.69, 9.17) is 11.6 Å². The Morgan fingerprint density at radius 3 is 2.50 bits per heavy atom. The van der Waals surface area contributed by atoms with Gasteiger partial charge in [-0.25, -0.2) is 0 Å². The Balaban J connectivity index is 2.19. The molecule has 0 amide bonds. The van der Waals surface area contributed by atoms with E-state index in [1.807, 2.05) is 18.2 Å². The van der Waals surface area contributed by atoms with E-state index in [-0.39, 0.29) is 5.41 Å². The summed E-state index contributed by atoms with van der Waals surface area (Å²) in [6, 6.07) is 8.07. The monoisotopic (exact) mass is 314 g/mol. The van der Waals surface area contributed by atoms with Crippen LogP contribution in [0.2, 0.25) is 5.02 Å². The van der Waals surface area contributed by atoms with E-state index in [0.29, 0.717) is 0 Å². The lowest BCUT2D eigenvalue weighted by Gasteiger charge is -2.18. The van der Waals surface area contributed by atoms with Crippen LogP contribution >= 0.6 is 11.6 Å². The summed E-state index contributed by atoms with van der Waals surface area (Å²) in [5.74, 6) is 0. The molecule has 0 aliphatic heterocycles. The van der Waals surface area contributed by atoms with Gasteiger partial charge in [-0.1, -0.05) is 45.0 Å². The lowest BCUT2D eigenvalue weighted by Crippen LogP contribution is -2.38. The van der Waals surface area contributed by atoms with Gasteiger partial charge in [0.15, 0.2) is 0 Å². The van der Waals surface area contributed by atoms with Gasteiger partial charge >= 0.3 is 0 Å². The molecule has 0 unspecified atom stereocenters. The van der Waals surface area contributed by atoms with Gasteiger partial charge in [-0.15, -0.1) is 0 Å². The van der Waals surface area contributed by atoms with Crippen molar-refractivity contribution in [2.24, 2.45) is 0 Å². The normalized spacial score (nSPS) is 14.3. The van der Waals surface area contributed by atoms with E-state index in [9.17, 15) is 5.21 Å². The predicted molar refractivity (Wildman–Crippen MR) is 89.5 cm³/mol. The molecule has 3 rings (SSSR count). The van der Waals surface area contributed by atoms with Crippen LogP contribution in [0.4, 0.5) is 0 Å². The maximum atomic E-state index is 10.5. The van der Waals surface area contributed by atoms with Crippen LogP contribution in [0.25, 0.3) is 5.57 Å². The quantitative estimate of drug-likeness (QED) is 0.568. The van der Waals surface area contributed by atoms with Crippen molar-refractivity contribution in [3.63, 3.8) is 0 Å². The molecule has 22 heavy (non-hydrogen) atoms. The average molecular weight is 315 g/mol. The van der Waals surface area contributed by atoms with Crippen molar-refractivity contribution in [1.82, 2.24) is 0 Å². The highest BCUT2D eigenvalue weighted by Crippen LogP contribution is 2.33. The molecule has 3 heteroatoms. The van der Waals surface area contributed by atoms with Gasteiger partial charge in [0.25, 0.3) is 5.69 Å². The third-order valence-corrected chi connectivity index (χ3v) is 4.57. The molecule has 2 nitrogen and oxygen atoms in total. The van der Waals surface area contributed by atoms with E-state index in [1.54, 1.807) is 6.20 Å². The lowest BCUT2D eigenvalue weighted by molar-refractivity contribution is -0.906. The zero-order valence-electron chi connectivity index (χ0n) is 13.3. The highest BCUT2D eigenvalue weighted by molar-refractivity contribution is 6.30. The van der Waals surface area contributed by atoms with Crippen LogP contribution in [-0.2, 0) is 18.3 Å². The fraction of sp³-hybridized carbons (Fsp3) is 0.316. The van der Waals surface area contributed by atoms with Crippen molar-refractivity contribution >= 4 is 17.2 Å². The minimum atomic E-state index is -0.0106. The number of rotatable bonds is 0. The predicted octanol–water partition coefficient (Wildman–Crippen LogP) is 4.32. The van der Waals surface area contributed by atoms with Gasteiger partial charge < -0.3 is 0 Å². The minimum absolute atomic E-state index is 0.0106. The summed E-state index contributed by atoms with van der Waals surface area (Å²) in [5.41, 5.74) is 6.14. The fourth-order valence-electron chi connectivity index (χ4n) is 3.03. The molecule has 1 aromatic heterocycles. The molecule has 0 saturated heterocycles. The second kappa shape index (κ2) is 5.13. The summed E-state index contributed by atoms with van der Waals surface area (Å²) in [6.07, 6.45) is 3.56. The van der Waals surface area contributed by atoms with Gasteiger partial charge in [-0.3, -0.25) is 5.21 Å². The maximum absolute atomic E-state index is 10.5. The molecular weight excluding hydrogens is 294 g/mol. The fourth-order valence-corrected chi connectivity index (χ4v) is 3.22. The molecule has 0 radical (unpaired) electrons. The van der Waals surface area contributed by atoms with Crippen molar-refractivity contribution in [1.29, 1.82) is 0 Å². The zero-order valence-corrected chi connectivity index (χ0v) is 14.0. The number of halogens is 1. The Hall–Kier alpha value is -1.80. The second-order valence-corrected chi connectivity index (χ2v) is 7.41. The van der Waals surface area contributed by atoms with Crippen LogP contribution in [0.15, 0.2) is 37.0 Å². The van der Waals surface area contributed by atoms with Crippen LogP contribution in [0.3, 0.4) is 0 Å². The molecule has 114 valence electrons. The van der Waals surface area contributed by atoms with Crippen LogP contribution in [0.1, 0.15) is 48.7 Å². The van der Waals surface area contributed by atoms with Crippen molar-refractivity contribution in [2.75, 3.05) is 0 Å². The topological polar surface area (TPSA) is 24.1 Å². The van der Waals surface area contributed by atoms with E-state index >= 15 is 0 Å². The van der Waals surface area contributed by atoms with Crippen LogP contribution < -0.4 is 4.73 Å². The van der Waals surface area contributed by atoms with E-state index < -0.39 is 0 Å². The summed E-state index contributed by atoms with van der Waals surface area (Å²) in [4.78, 5) is 0. The van der Waals surface area contributed by atoms with Crippen LogP contribution in [-0.4, -0.2) is 5.21 Å². The van der Waals surface area contributed by atoms with Crippen LogP contribution in [0.5, 0.6) is 0 Å². The molecule has 0 atom stereocenters. The van der Waals surface area contributed by atoms with Gasteiger partial charge in [0.05, 0.1) is 5.57 Å². The first-order chi connectivity index (χ1) is 10.3. The first-order valence-electron chi connectivity index (χ1n) is 7.54. The molecule has 0 saturated carbocycles. The third kappa shape index (κ3) is 2.52. The van der Waals surface area contributed by atoms with Gasteiger partial charge in [0.1, 0.15) is 0 Å². The van der Waals surface area contributed by atoms with Gasteiger partial charge in [-0.05, 0) is 47.6 Å². The Bertz CT molecular complexity index is 772. The number of pyridine rings is 1. The number of nitrogens with zero attached hydrogens (tertiary/aromatic N) is 1. The molecule has 1 aliphatic rings. The summed E-state index contributed by atoms with van der Waals surface area (Å²) in [5, 5.41) is 11.2. The zero-order chi connectivity index (χ0) is 16.1. The lowest BCUT2D eigenvalue weighted by atomic mass is 9.86. The van der Waals surface area contributed by atoms with Crippen molar-refractivity contribution in [2.45, 2.75) is 39.0 Å². The number of hydrogen-bond donors (Lipinski definition) is 1. The van der Waals surface area contributed by atoms with Gasteiger partial charge in [0.2, 0.25) is 6.20 Å². The molecule has 0 fully saturated rings. The molecule has 1 aliphatic carbocycles. The number of hydrogen-bond acceptors (Lipinski definition) is 1. The highest BCUT2D eigenvalue weighted by Gasteiger charge is 2.29. The first kappa shape index (κ1) is 15.1. The average Bonchev–Trinajstić information content (AvgIpc) is 2.55. The van der Waals surface area contributed by atoms with Gasteiger partial charge in [-0.2, -0.15) is 0 Å². The van der Waals surface area contributed by atoms with Crippen LogP contribution in [0, 0.1) is 0 Å². The van der Waals surface area contributed by atoms with Crippen molar-refractivity contribution in [3.05, 3.63) is 70.0 Å². The number of benzene rings is 1. The highest BCUT2D eigenvalue weighted by atomic mass is 35.5. The molecule has 1 aromatic carbocycles. The van der Waals surface area contributed by atoms with Crippen molar-refractivity contribution in [3.8, 4) is 0 Å². The Morgan fingerprint density at radius 1 is 1.14 bits per heavy atom. The van der Waals surface area contributed by atoms with Crippen molar-refractivity contribution < 1.29 is 9.94 Å². The third-order valence-electron chi connectivity index (χ3n) is 4.33. The summed E-state index contributed by atoms with van der Waals surface area (Å²) in [7, 11) is 0. The van der Waals surface area contributed by atoms with E-state index in [1.165, 1.54) is 10.3 Å². The number of aryl methyl sites for hydroxylation is 2. The molecule has 0 bridgehead atoms. The maximum Gasteiger partial charge on any atom is 0.267 e. The summed E-state index contributed by atoms with van der Waals surface area (Å²) >= 11 is 6.12. The smallest absolute Gasteiger partial charge is 0.267 e.